The molecular weight excluding hydrogens is 338 g/mol. The molecule has 0 amide bonds. The van der Waals surface area contributed by atoms with E-state index in [1.807, 2.05) is 28.8 Å². The summed E-state index contributed by atoms with van der Waals surface area (Å²) in [6, 6.07) is 16.2. The second kappa shape index (κ2) is 6.76. The molecule has 5 heteroatoms. The van der Waals surface area contributed by atoms with E-state index >= 15 is 0 Å². The second-order valence-electron chi connectivity index (χ2n) is 6.50. The average Bonchev–Trinajstić information content (AvgIpc) is 3.07. The van der Waals surface area contributed by atoms with Crippen molar-refractivity contribution < 1.29 is 10.2 Å². The standard InChI is InChI=1S/C22H21N3O2/c1-3-16-13-17(4-2)25-22(23-16)20(14-5-9-18(26)10-6-14)21(24-25)15-7-11-19(27)12-8-15/h5-13,26-27H,3-4H2,1-2H3. The van der Waals surface area contributed by atoms with Gasteiger partial charge in [0, 0.05) is 17.0 Å². The normalized spacial score (nSPS) is 11.2. The number of phenols is 2. The van der Waals surface area contributed by atoms with Gasteiger partial charge >= 0.3 is 0 Å². The molecule has 4 aromatic rings. The summed E-state index contributed by atoms with van der Waals surface area (Å²) in [6.07, 6.45) is 1.69. The van der Waals surface area contributed by atoms with Crippen LogP contribution in [-0.2, 0) is 12.8 Å². The molecule has 136 valence electrons. The molecule has 0 radical (unpaired) electrons. The first-order valence-electron chi connectivity index (χ1n) is 9.11. The van der Waals surface area contributed by atoms with Crippen LogP contribution in [-0.4, -0.2) is 24.8 Å². The van der Waals surface area contributed by atoms with Gasteiger partial charge in [-0.05, 0) is 60.9 Å². The Labute approximate surface area is 157 Å². The molecule has 0 aliphatic rings. The van der Waals surface area contributed by atoms with Crippen LogP contribution in [0.15, 0.2) is 54.6 Å². The van der Waals surface area contributed by atoms with E-state index < -0.39 is 0 Å². The summed E-state index contributed by atoms with van der Waals surface area (Å²) in [6.45, 7) is 4.20. The number of hydrogen-bond acceptors (Lipinski definition) is 4. The molecule has 27 heavy (non-hydrogen) atoms. The van der Waals surface area contributed by atoms with Crippen LogP contribution in [0, 0.1) is 0 Å². The highest BCUT2D eigenvalue weighted by molar-refractivity contribution is 5.90. The number of hydrogen-bond donors (Lipinski definition) is 2. The van der Waals surface area contributed by atoms with Crippen LogP contribution in [0.1, 0.15) is 25.2 Å². The minimum atomic E-state index is 0.217. The molecule has 0 aliphatic heterocycles. The van der Waals surface area contributed by atoms with Crippen LogP contribution in [0.2, 0.25) is 0 Å². The summed E-state index contributed by atoms with van der Waals surface area (Å²) in [5.41, 5.74) is 6.50. The second-order valence-corrected chi connectivity index (χ2v) is 6.50. The monoisotopic (exact) mass is 359 g/mol. The van der Waals surface area contributed by atoms with Crippen molar-refractivity contribution in [2.75, 3.05) is 0 Å². The molecule has 2 heterocycles. The maximum atomic E-state index is 9.68. The summed E-state index contributed by atoms with van der Waals surface area (Å²) in [5.74, 6) is 0.437. The fourth-order valence-corrected chi connectivity index (χ4v) is 3.28. The first kappa shape index (κ1) is 17.1. The zero-order valence-corrected chi connectivity index (χ0v) is 15.3. The molecule has 2 aromatic carbocycles. The Hall–Kier alpha value is -3.34. The quantitative estimate of drug-likeness (QED) is 0.559. The topological polar surface area (TPSA) is 70.7 Å². The molecular formula is C22H21N3O2. The minimum absolute atomic E-state index is 0.217. The maximum Gasteiger partial charge on any atom is 0.164 e. The zero-order chi connectivity index (χ0) is 19.0. The SMILES string of the molecule is CCc1cc(CC)n2nc(-c3ccc(O)cc3)c(-c3ccc(O)cc3)c2n1. The number of aromatic nitrogens is 3. The van der Waals surface area contributed by atoms with E-state index in [-0.39, 0.29) is 11.5 Å². The van der Waals surface area contributed by atoms with Gasteiger partial charge in [-0.2, -0.15) is 5.10 Å². The summed E-state index contributed by atoms with van der Waals surface area (Å²) in [4.78, 5) is 4.85. The van der Waals surface area contributed by atoms with Crippen molar-refractivity contribution in [2.45, 2.75) is 26.7 Å². The van der Waals surface area contributed by atoms with Crippen LogP contribution in [0.3, 0.4) is 0 Å². The van der Waals surface area contributed by atoms with E-state index in [0.717, 1.165) is 52.3 Å². The number of benzene rings is 2. The lowest BCUT2D eigenvalue weighted by atomic mass is 10.0. The summed E-state index contributed by atoms with van der Waals surface area (Å²) < 4.78 is 1.91. The fraction of sp³-hybridized carbons (Fsp3) is 0.182. The number of aryl methyl sites for hydroxylation is 2. The third-order valence-electron chi connectivity index (χ3n) is 4.74. The van der Waals surface area contributed by atoms with Gasteiger partial charge in [-0.15, -0.1) is 0 Å². The maximum absolute atomic E-state index is 9.68. The third kappa shape index (κ3) is 3.01. The highest BCUT2D eigenvalue weighted by Crippen LogP contribution is 2.36. The molecule has 0 saturated heterocycles. The van der Waals surface area contributed by atoms with Crippen molar-refractivity contribution in [1.29, 1.82) is 0 Å². The van der Waals surface area contributed by atoms with Crippen LogP contribution in [0.5, 0.6) is 11.5 Å². The molecule has 2 aromatic heterocycles. The van der Waals surface area contributed by atoms with Crippen molar-refractivity contribution in [2.24, 2.45) is 0 Å². The van der Waals surface area contributed by atoms with Crippen molar-refractivity contribution in [1.82, 2.24) is 14.6 Å². The minimum Gasteiger partial charge on any atom is -0.508 e. The molecule has 0 spiro atoms. The predicted molar refractivity (Wildman–Crippen MR) is 106 cm³/mol. The van der Waals surface area contributed by atoms with Crippen LogP contribution >= 0.6 is 0 Å². The largest absolute Gasteiger partial charge is 0.508 e. The van der Waals surface area contributed by atoms with Gasteiger partial charge in [0.25, 0.3) is 0 Å². The van der Waals surface area contributed by atoms with E-state index in [1.165, 1.54) is 0 Å². The van der Waals surface area contributed by atoms with Gasteiger partial charge in [0.05, 0.1) is 5.56 Å². The predicted octanol–water partition coefficient (Wildman–Crippen LogP) is 4.60. The van der Waals surface area contributed by atoms with Crippen LogP contribution < -0.4 is 0 Å². The van der Waals surface area contributed by atoms with Gasteiger partial charge in [-0.1, -0.05) is 26.0 Å². The number of nitrogens with zero attached hydrogens (tertiary/aromatic N) is 3. The van der Waals surface area contributed by atoms with Crippen LogP contribution in [0.4, 0.5) is 0 Å². The molecule has 0 fully saturated rings. The average molecular weight is 359 g/mol. The molecule has 0 atom stereocenters. The number of phenolic OH excluding ortho intramolecular Hbond substituents is 2. The smallest absolute Gasteiger partial charge is 0.164 e. The molecule has 2 N–H and O–H groups in total. The van der Waals surface area contributed by atoms with Crippen LogP contribution in [0.25, 0.3) is 28.0 Å². The number of rotatable bonds is 4. The van der Waals surface area contributed by atoms with Gasteiger partial charge in [0.1, 0.15) is 17.2 Å². The Balaban J connectivity index is 2.07. The fourth-order valence-electron chi connectivity index (χ4n) is 3.28. The van der Waals surface area contributed by atoms with E-state index in [4.69, 9.17) is 10.1 Å². The van der Waals surface area contributed by atoms with E-state index in [0.29, 0.717) is 0 Å². The van der Waals surface area contributed by atoms with E-state index in [2.05, 4.69) is 19.9 Å². The van der Waals surface area contributed by atoms with Crippen molar-refractivity contribution in [3.05, 3.63) is 66.0 Å². The molecule has 0 aliphatic carbocycles. The Morgan fingerprint density at radius 3 is 1.96 bits per heavy atom. The van der Waals surface area contributed by atoms with Crippen molar-refractivity contribution >= 4 is 5.65 Å². The summed E-state index contributed by atoms with van der Waals surface area (Å²) in [5, 5.41) is 24.2. The lowest BCUT2D eigenvalue weighted by Crippen LogP contribution is -2.02. The van der Waals surface area contributed by atoms with Gasteiger partial charge in [0.2, 0.25) is 0 Å². The highest BCUT2D eigenvalue weighted by atomic mass is 16.3. The third-order valence-corrected chi connectivity index (χ3v) is 4.74. The lowest BCUT2D eigenvalue weighted by Gasteiger charge is -2.06. The first-order valence-corrected chi connectivity index (χ1v) is 9.11. The Bertz CT molecular complexity index is 1100. The lowest BCUT2D eigenvalue weighted by molar-refractivity contribution is 0.475. The summed E-state index contributed by atoms with van der Waals surface area (Å²) >= 11 is 0. The molecule has 4 rings (SSSR count). The highest BCUT2D eigenvalue weighted by Gasteiger charge is 2.20. The van der Waals surface area contributed by atoms with Crippen molar-refractivity contribution in [3.63, 3.8) is 0 Å². The Kier molecular flexibility index (Phi) is 4.28. The van der Waals surface area contributed by atoms with Gasteiger partial charge in [0.15, 0.2) is 5.65 Å². The first-order chi connectivity index (χ1) is 13.1. The zero-order valence-electron chi connectivity index (χ0n) is 15.3. The van der Waals surface area contributed by atoms with E-state index in [1.54, 1.807) is 24.3 Å². The Morgan fingerprint density at radius 2 is 1.41 bits per heavy atom. The Morgan fingerprint density at radius 1 is 0.815 bits per heavy atom. The molecule has 0 saturated carbocycles. The van der Waals surface area contributed by atoms with E-state index in [9.17, 15) is 10.2 Å². The molecule has 0 unspecified atom stereocenters. The molecule has 5 nitrogen and oxygen atoms in total. The van der Waals surface area contributed by atoms with Gasteiger partial charge < -0.3 is 10.2 Å². The van der Waals surface area contributed by atoms with Gasteiger partial charge in [-0.25, -0.2) is 9.50 Å². The van der Waals surface area contributed by atoms with Gasteiger partial charge in [-0.3, -0.25) is 0 Å². The van der Waals surface area contributed by atoms with Crippen molar-refractivity contribution in [3.8, 4) is 33.9 Å². The molecule has 0 bridgehead atoms. The number of aromatic hydroxyl groups is 2. The number of fused-ring (bicyclic) bond motifs is 1. The summed E-state index contributed by atoms with van der Waals surface area (Å²) in [7, 11) is 0.